The molecule has 0 saturated heterocycles. The Morgan fingerprint density at radius 3 is 2.41 bits per heavy atom. The van der Waals surface area contributed by atoms with Crippen molar-refractivity contribution in [2.45, 2.75) is 53.4 Å². The van der Waals surface area contributed by atoms with Gasteiger partial charge in [-0.15, -0.1) is 0 Å². The molecule has 0 saturated carbocycles. The first kappa shape index (κ1) is 27.6. The van der Waals surface area contributed by atoms with Crippen LogP contribution in [0.5, 0.6) is 0 Å². The average Bonchev–Trinajstić information content (AvgIpc) is 2.89. The number of carbonyl (C=O) groups excluding carboxylic acids is 1. The zero-order valence-electron chi connectivity index (χ0n) is 22.0. The van der Waals surface area contributed by atoms with Crippen LogP contribution < -0.4 is 9.93 Å². The zero-order valence-corrected chi connectivity index (χ0v) is 25.2. The van der Waals surface area contributed by atoms with Gasteiger partial charge in [0.05, 0.1) is 22.7 Å². The first-order valence-corrected chi connectivity index (χ1v) is 14.7. The van der Waals surface area contributed by atoms with Crippen molar-refractivity contribution in [3.63, 3.8) is 0 Å². The second-order valence-corrected chi connectivity index (χ2v) is 11.0. The van der Waals surface area contributed by atoms with Crippen molar-refractivity contribution in [1.29, 1.82) is 0 Å². The van der Waals surface area contributed by atoms with Crippen LogP contribution in [0.15, 0.2) is 61.9 Å². The molecular formula is C31H34Br2NO3+. The van der Waals surface area contributed by atoms with Crippen molar-refractivity contribution in [2.24, 2.45) is 0 Å². The summed E-state index contributed by atoms with van der Waals surface area (Å²) in [4.78, 5) is 13.3. The number of hydrogen-bond acceptors (Lipinski definition) is 3. The minimum absolute atomic E-state index is 0.292. The van der Waals surface area contributed by atoms with E-state index in [1.54, 1.807) is 0 Å². The van der Waals surface area contributed by atoms with Gasteiger partial charge in [-0.2, -0.15) is 0 Å². The van der Waals surface area contributed by atoms with E-state index in [4.69, 9.17) is 9.15 Å². The van der Waals surface area contributed by atoms with Gasteiger partial charge >= 0.3 is 5.97 Å². The fourth-order valence-electron chi connectivity index (χ4n) is 4.77. The van der Waals surface area contributed by atoms with Gasteiger partial charge in [-0.05, 0) is 78.5 Å². The lowest BCUT2D eigenvalue weighted by Gasteiger charge is -2.18. The van der Waals surface area contributed by atoms with E-state index in [9.17, 15) is 4.79 Å². The third-order valence-electron chi connectivity index (χ3n) is 6.82. The number of aryl methyl sites for hydroxylation is 1. The van der Waals surface area contributed by atoms with E-state index in [1.165, 1.54) is 0 Å². The van der Waals surface area contributed by atoms with E-state index in [0.717, 1.165) is 92.1 Å². The molecule has 0 bridgehead atoms. The smallest absolute Gasteiger partial charge is 0.338 e. The number of halogens is 2. The number of carbonyl (C=O) groups is 1. The Bertz CT molecular complexity index is 1470. The van der Waals surface area contributed by atoms with Crippen LogP contribution in [0.25, 0.3) is 33.4 Å². The van der Waals surface area contributed by atoms with Crippen molar-refractivity contribution >= 4 is 48.8 Å². The molecule has 37 heavy (non-hydrogen) atoms. The molecule has 1 aliphatic carbocycles. The molecule has 0 amide bonds. The largest absolute Gasteiger partial charge is 0.462 e. The van der Waals surface area contributed by atoms with Crippen molar-refractivity contribution in [3.05, 3.63) is 74.0 Å². The average molecular weight is 628 g/mol. The van der Waals surface area contributed by atoms with Gasteiger partial charge in [-0.3, -0.25) is 0 Å². The Kier molecular flexibility index (Phi) is 9.25. The second-order valence-electron chi connectivity index (χ2n) is 9.29. The Morgan fingerprint density at radius 2 is 1.68 bits per heavy atom. The van der Waals surface area contributed by atoms with Crippen molar-refractivity contribution in [2.75, 3.05) is 19.7 Å². The van der Waals surface area contributed by atoms with E-state index in [2.05, 4.69) is 88.4 Å². The van der Waals surface area contributed by atoms with Gasteiger partial charge < -0.3 is 9.15 Å². The number of unbranched alkanes of at least 4 members (excludes halogenated alkanes) is 3. The molecule has 194 valence electrons. The van der Waals surface area contributed by atoms with Crippen LogP contribution in [-0.2, 0) is 4.74 Å². The maximum Gasteiger partial charge on any atom is 0.338 e. The van der Waals surface area contributed by atoms with Crippen molar-refractivity contribution in [3.8, 4) is 22.5 Å². The Hall–Kier alpha value is -2.44. The van der Waals surface area contributed by atoms with Gasteiger partial charge in [0.1, 0.15) is 24.4 Å². The molecule has 4 rings (SSSR count). The maximum atomic E-state index is 13.3. The first-order valence-electron chi connectivity index (χ1n) is 13.1. The summed E-state index contributed by atoms with van der Waals surface area (Å²) in [5.74, 6) is 0.483. The standard InChI is InChI=1S/C31H34Br2NO3/c1-5-8-9-12-15-36-31(35)22-14-11-10-13-21(22)30-23-17-25(32)20(4)16-28(23)37-29-19-27(34(6-2)7-3)26(33)18-24(29)30/h10-11,13-14,16-19H,5-9,12,15H2,1-4H3/q+1. The highest BCUT2D eigenvalue weighted by Crippen LogP contribution is 2.43. The van der Waals surface area contributed by atoms with Crippen molar-refractivity contribution < 1.29 is 13.9 Å². The number of fused-ring (bicyclic) bond motifs is 2. The summed E-state index contributed by atoms with van der Waals surface area (Å²) in [6, 6.07) is 16.1. The highest BCUT2D eigenvalue weighted by Gasteiger charge is 2.24. The number of benzene rings is 3. The molecule has 0 radical (unpaired) electrons. The number of ether oxygens (including phenoxy) is 1. The van der Waals surface area contributed by atoms with Gasteiger partial charge in [0, 0.05) is 21.0 Å². The second kappa shape index (κ2) is 12.4. The number of esters is 1. The quantitative estimate of drug-likeness (QED) is 0.0808. The maximum absolute atomic E-state index is 13.3. The third-order valence-corrected chi connectivity index (χ3v) is 8.31. The molecule has 0 unspecified atom stereocenters. The molecule has 0 fully saturated rings. The minimum Gasteiger partial charge on any atom is -0.462 e. The van der Waals surface area contributed by atoms with Crippen LogP contribution in [0.2, 0.25) is 0 Å². The normalized spacial score (nSPS) is 11.3. The molecule has 0 atom stereocenters. The van der Waals surface area contributed by atoms with E-state index < -0.39 is 0 Å². The number of nitrogens with zero attached hydrogens (tertiary/aromatic N) is 1. The number of rotatable bonds is 9. The third kappa shape index (κ3) is 5.85. The predicted molar refractivity (Wildman–Crippen MR) is 159 cm³/mol. The van der Waals surface area contributed by atoms with Gasteiger partial charge in [0.15, 0.2) is 0 Å². The molecule has 0 spiro atoms. The summed E-state index contributed by atoms with van der Waals surface area (Å²) in [6.07, 6.45) is 4.25. The first-order chi connectivity index (χ1) is 17.9. The van der Waals surface area contributed by atoms with E-state index in [-0.39, 0.29) is 5.97 Å². The summed E-state index contributed by atoms with van der Waals surface area (Å²) >= 11 is 7.52. The summed E-state index contributed by atoms with van der Waals surface area (Å²) in [7, 11) is 0. The van der Waals surface area contributed by atoms with Crippen LogP contribution in [-0.4, -0.2) is 25.7 Å². The fourth-order valence-corrected chi connectivity index (χ4v) is 5.71. The van der Waals surface area contributed by atoms with Gasteiger partial charge in [-0.25, -0.2) is 9.37 Å². The summed E-state index contributed by atoms with van der Waals surface area (Å²) in [5, 5.41) is 2.02. The molecule has 2 aromatic rings. The number of hydrogen-bond donors (Lipinski definition) is 0. The molecule has 1 heterocycles. The molecule has 0 N–H and O–H groups in total. The lowest BCUT2D eigenvalue weighted by molar-refractivity contribution is 0.0498. The van der Waals surface area contributed by atoms with E-state index in [1.807, 2.05) is 24.3 Å². The molecule has 6 heteroatoms. The van der Waals surface area contributed by atoms with Crippen LogP contribution >= 0.6 is 31.9 Å². The topological polar surface area (TPSA) is 42.5 Å². The van der Waals surface area contributed by atoms with Gasteiger partial charge in [0.2, 0.25) is 5.36 Å². The van der Waals surface area contributed by atoms with Gasteiger partial charge in [0.25, 0.3) is 0 Å². The van der Waals surface area contributed by atoms with Gasteiger partial charge in [-0.1, -0.05) is 60.3 Å². The molecule has 4 nitrogen and oxygen atoms in total. The van der Waals surface area contributed by atoms with E-state index >= 15 is 0 Å². The highest BCUT2D eigenvalue weighted by molar-refractivity contribution is 9.10. The summed E-state index contributed by atoms with van der Waals surface area (Å²) in [5.41, 5.74) is 5.16. The SMILES string of the molecule is CCCCCCOC(=O)c1ccccc1-c1c2cc(Br)c(=[N+](CC)CC)cc-2oc2cc(C)c(Br)cc12. The molecule has 2 aromatic carbocycles. The lowest BCUT2D eigenvalue weighted by atomic mass is 9.90. The van der Waals surface area contributed by atoms with Crippen LogP contribution in [0.4, 0.5) is 0 Å². The lowest BCUT2D eigenvalue weighted by Crippen LogP contribution is -2.30. The van der Waals surface area contributed by atoms with Crippen LogP contribution in [0.1, 0.15) is 62.4 Å². The van der Waals surface area contributed by atoms with Crippen LogP contribution in [0.3, 0.4) is 0 Å². The Labute approximate surface area is 236 Å². The molecular weight excluding hydrogens is 594 g/mol. The molecule has 0 aromatic heterocycles. The van der Waals surface area contributed by atoms with E-state index in [0.29, 0.717) is 12.2 Å². The van der Waals surface area contributed by atoms with Crippen molar-refractivity contribution in [1.82, 2.24) is 4.58 Å². The Morgan fingerprint density at radius 1 is 0.919 bits per heavy atom. The fraction of sp³-hybridized carbons (Fsp3) is 0.355. The zero-order chi connectivity index (χ0) is 26.5. The summed E-state index contributed by atoms with van der Waals surface area (Å²) < 4.78 is 16.5. The van der Waals surface area contributed by atoms with Crippen LogP contribution in [0, 0.1) is 6.92 Å². The highest BCUT2D eigenvalue weighted by atomic mass is 79.9. The predicted octanol–water partition coefficient (Wildman–Crippen LogP) is 8.59. The molecule has 1 aliphatic heterocycles. The summed E-state index contributed by atoms with van der Waals surface area (Å²) in [6.45, 7) is 10.7. The molecule has 2 aliphatic rings. The Balaban J connectivity index is 1.97. The monoisotopic (exact) mass is 626 g/mol. The minimum atomic E-state index is -0.292.